The summed E-state index contributed by atoms with van der Waals surface area (Å²) >= 11 is 0. The van der Waals surface area contributed by atoms with Crippen LogP contribution in [0.25, 0.3) is 0 Å². The van der Waals surface area contributed by atoms with Gasteiger partial charge >= 0.3 is 0 Å². The van der Waals surface area contributed by atoms with Crippen molar-refractivity contribution < 1.29 is 9.59 Å². The minimum absolute atomic E-state index is 0.128. The van der Waals surface area contributed by atoms with Gasteiger partial charge in [0.05, 0.1) is 0 Å². The summed E-state index contributed by atoms with van der Waals surface area (Å²) in [5.74, 6) is 0.930. The molecule has 0 aliphatic carbocycles. The van der Waals surface area contributed by atoms with Gasteiger partial charge in [0, 0.05) is 12.6 Å². The first-order valence-electron chi connectivity index (χ1n) is 8.52. The van der Waals surface area contributed by atoms with Crippen LogP contribution >= 0.6 is 0 Å². The summed E-state index contributed by atoms with van der Waals surface area (Å²) in [5.41, 5.74) is 0. The first-order valence-corrected chi connectivity index (χ1v) is 8.52. The number of piperidine rings is 1. The van der Waals surface area contributed by atoms with Gasteiger partial charge in [-0.25, -0.2) is 0 Å². The quantitative estimate of drug-likeness (QED) is 0.800. The van der Waals surface area contributed by atoms with E-state index in [1.807, 2.05) is 9.80 Å². The maximum absolute atomic E-state index is 13.0. The average molecular weight is 294 g/mol. The highest BCUT2D eigenvalue weighted by Gasteiger charge is 2.49. The van der Waals surface area contributed by atoms with E-state index in [1.165, 1.54) is 0 Å². The van der Waals surface area contributed by atoms with Crippen molar-refractivity contribution in [2.45, 2.75) is 78.4 Å². The van der Waals surface area contributed by atoms with Crippen LogP contribution in [0.5, 0.6) is 0 Å². The van der Waals surface area contributed by atoms with Crippen molar-refractivity contribution in [3.8, 4) is 0 Å². The van der Waals surface area contributed by atoms with Crippen molar-refractivity contribution in [3.63, 3.8) is 0 Å². The summed E-state index contributed by atoms with van der Waals surface area (Å²) in [5, 5.41) is 0. The van der Waals surface area contributed by atoms with Crippen LogP contribution in [0.4, 0.5) is 0 Å². The molecular formula is C17H30N2O2. The van der Waals surface area contributed by atoms with Crippen molar-refractivity contribution in [2.24, 2.45) is 11.8 Å². The lowest BCUT2D eigenvalue weighted by molar-refractivity contribution is -0.169. The number of nitrogens with zero attached hydrogens (tertiary/aromatic N) is 2. The summed E-state index contributed by atoms with van der Waals surface area (Å²) in [7, 11) is 0. The zero-order valence-electron chi connectivity index (χ0n) is 14.1. The molecule has 0 aromatic rings. The molecule has 120 valence electrons. The van der Waals surface area contributed by atoms with Gasteiger partial charge in [0.2, 0.25) is 11.8 Å². The molecule has 4 nitrogen and oxygen atoms in total. The van der Waals surface area contributed by atoms with Crippen LogP contribution in [0.15, 0.2) is 0 Å². The maximum Gasteiger partial charge on any atom is 0.246 e. The van der Waals surface area contributed by atoms with Crippen LogP contribution in [-0.2, 0) is 9.59 Å². The second kappa shape index (κ2) is 6.37. The predicted molar refractivity (Wildman–Crippen MR) is 83.7 cm³/mol. The summed E-state index contributed by atoms with van der Waals surface area (Å²) < 4.78 is 0. The van der Waals surface area contributed by atoms with E-state index in [0.717, 1.165) is 32.2 Å². The van der Waals surface area contributed by atoms with Gasteiger partial charge in [-0.1, -0.05) is 34.1 Å². The van der Waals surface area contributed by atoms with Crippen molar-refractivity contribution >= 4 is 11.8 Å². The Morgan fingerprint density at radius 1 is 1.10 bits per heavy atom. The first kappa shape index (κ1) is 16.3. The summed E-state index contributed by atoms with van der Waals surface area (Å²) in [6, 6.07) is -0.355. The van der Waals surface area contributed by atoms with Gasteiger partial charge in [-0.15, -0.1) is 0 Å². The Labute approximate surface area is 128 Å². The predicted octanol–water partition coefficient (Wildman–Crippen LogP) is 2.67. The minimum atomic E-state index is -0.282. The molecule has 0 aromatic heterocycles. The van der Waals surface area contributed by atoms with E-state index in [-0.39, 0.29) is 35.9 Å². The lowest BCUT2D eigenvalue weighted by atomic mass is 9.87. The van der Waals surface area contributed by atoms with E-state index in [0.29, 0.717) is 5.92 Å². The molecule has 2 saturated heterocycles. The second-order valence-corrected chi connectivity index (χ2v) is 7.10. The zero-order valence-corrected chi connectivity index (χ0v) is 14.1. The normalized spacial score (nSPS) is 29.6. The Hall–Kier alpha value is -1.06. The third-order valence-electron chi connectivity index (χ3n) is 5.42. The molecule has 2 rings (SSSR count). The number of piperazine rings is 1. The number of hydrogen-bond donors (Lipinski definition) is 0. The molecule has 0 aromatic carbocycles. The Bertz CT molecular complexity index is 408. The topological polar surface area (TPSA) is 40.6 Å². The average Bonchev–Trinajstić information content (AvgIpc) is 2.48. The third-order valence-corrected chi connectivity index (χ3v) is 5.42. The Kier molecular flexibility index (Phi) is 4.95. The lowest BCUT2D eigenvalue weighted by Crippen LogP contribution is -2.69. The van der Waals surface area contributed by atoms with Crippen LogP contribution < -0.4 is 0 Å². The molecule has 0 radical (unpaired) electrons. The molecule has 4 heteroatoms. The highest BCUT2D eigenvalue weighted by atomic mass is 16.2. The molecule has 2 fully saturated rings. The SMILES string of the molecule is CCC(C)C(C)N1C(=O)C2CCCCN2C(=O)C1C(C)C. The second-order valence-electron chi connectivity index (χ2n) is 7.10. The first-order chi connectivity index (χ1) is 9.90. The fourth-order valence-electron chi connectivity index (χ4n) is 3.73. The number of carbonyl (C=O) groups is 2. The molecule has 4 atom stereocenters. The van der Waals surface area contributed by atoms with Crippen molar-refractivity contribution in [1.29, 1.82) is 0 Å². The number of carbonyl (C=O) groups excluding carboxylic acids is 2. The molecule has 2 aliphatic heterocycles. The van der Waals surface area contributed by atoms with Gasteiger partial charge < -0.3 is 9.80 Å². The monoisotopic (exact) mass is 294 g/mol. The molecular weight excluding hydrogens is 264 g/mol. The van der Waals surface area contributed by atoms with E-state index in [1.54, 1.807) is 0 Å². The van der Waals surface area contributed by atoms with Crippen molar-refractivity contribution in [2.75, 3.05) is 6.54 Å². The van der Waals surface area contributed by atoms with Gasteiger partial charge in [-0.05, 0) is 38.0 Å². The summed E-state index contributed by atoms with van der Waals surface area (Å²) in [4.78, 5) is 29.7. The Morgan fingerprint density at radius 3 is 2.33 bits per heavy atom. The van der Waals surface area contributed by atoms with Gasteiger partial charge in [0.1, 0.15) is 12.1 Å². The minimum Gasteiger partial charge on any atom is -0.329 e. The van der Waals surface area contributed by atoms with Crippen LogP contribution in [0.3, 0.4) is 0 Å². The maximum atomic E-state index is 13.0. The smallest absolute Gasteiger partial charge is 0.246 e. The van der Waals surface area contributed by atoms with E-state index < -0.39 is 0 Å². The summed E-state index contributed by atoms with van der Waals surface area (Å²) in [6.45, 7) is 11.3. The Balaban J connectivity index is 2.35. The van der Waals surface area contributed by atoms with E-state index in [2.05, 4.69) is 34.6 Å². The van der Waals surface area contributed by atoms with Crippen molar-refractivity contribution in [1.82, 2.24) is 9.80 Å². The van der Waals surface area contributed by atoms with Crippen LogP contribution in [-0.4, -0.2) is 46.3 Å². The number of amides is 2. The van der Waals surface area contributed by atoms with E-state index >= 15 is 0 Å². The molecule has 2 heterocycles. The van der Waals surface area contributed by atoms with Crippen LogP contribution in [0, 0.1) is 11.8 Å². The molecule has 2 amide bonds. The zero-order chi connectivity index (χ0) is 15.7. The van der Waals surface area contributed by atoms with Gasteiger partial charge in [0.25, 0.3) is 0 Å². The highest BCUT2D eigenvalue weighted by molar-refractivity contribution is 5.97. The number of rotatable bonds is 4. The summed E-state index contributed by atoms with van der Waals surface area (Å²) in [6.07, 6.45) is 3.94. The number of fused-ring (bicyclic) bond motifs is 1. The lowest BCUT2D eigenvalue weighted by Gasteiger charge is -2.51. The molecule has 2 aliphatic rings. The molecule has 0 N–H and O–H groups in total. The van der Waals surface area contributed by atoms with Crippen molar-refractivity contribution in [3.05, 3.63) is 0 Å². The fourth-order valence-corrected chi connectivity index (χ4v) is 3.73. The molecule has 0 spiro atoms. The molecule has 0 saturated carbocycles. The number of hydrogen-bond acceptors (Lipinski definition) is 2. The highest BCUT2D eigenvalue weighted by Crippen LogP contribution is 2.32. The third kappa shape index (κ3) is 2.82. The van der Waals surface area contributed by atoms with Crippen LogP contribution in [0.2, 0.25) is 0 Å². The molecule has 0 bridgehead atoms. The largest absolute Gasteiger partial charge is 0.329 e. The van der Waals surface area contributed by atoms with Gasteiger partial charge in [0.15, 0.2) is 0 Å². The standard InChI is InChI=1S/C17H30N2O2/c1-6-12(4)13(5)19-15(11(2)3)17(21)18-10-8-7-9-14(18)16(19)20/h11-15H,6-10H2,1-5H3. The fraction of sp³-hybridized carbons (Fsp3) is 0.882. The van der Waals surface area contributed by atoms with E-state index in [4.69, 9.17) is 0 Å². The van der Waals surface area contributed by atoms with Gasteiger partial charge in [-0.3, -0.25) is 9.59 Å². The van der Waals surface area contributed by atoms with Crippen LogP contribution in [0.1, 0.15) is 60.3 Å². The molecule has 21 heavy (non-hydrogen) atoms. The molecule has 4 unspecified atom stereocenters. The van der Waals surface area contributed by atoms with E-state index in [9.17, 15) is 9.59 Å². The Morgan fingerprint density at radius 2 is 1.76 bits per heavy atom. The van der Waals surface area contributed by atoms with Gasteiger partial charge in [-0.2, -0.15) is 0 Å².